The molecule has 0 aliphatic rings. The first-order chi connectivity index (χ1) is 10.6. The third kappa shape index (κ3) is 2.53. The van der Waals surface area contributed by atoms with E-state index in [1.165, 1.54) is 12.1 Å². The lowest BCUT2D eigenvalue weighted by Gasteiger charge is -2.09. The molecule has 0 spiro atoms. The maximum atomic E-state index is 13.8. The number of fused-ring (bicyclic) bond motifs is 1. The average Bonchev–Trinajstić information content (AvgIpc) is 2.92. The fraction of sp³-hybridized carbons (Fsp3) is 0.133. The molecule has 0 fully saturated rings. The van der Waals surface area contributed by atoms with Crippen molar-refractivity contribution in [3.63, 3.8) is 0 Å². The van der Waals surface area contributed by atoms with Crippen LogP contribution in [0, 0.1) is 12.7 Å². The highest BCUT2D eigenvalue weighted by atomic mass is 35.5. The molecule has 7 heteroatoms. The number of carbonyl (C=O) groups excluding carboxylic acids is 1. The summed E-state index contributed by atoms with van der Waals surface area (Å²) >= 11 is 6.02. The lowest BCUT2D eigenvalue weighted by atomic mass is 10.1. The number of hydrogen-bond acceptors (Lipinski definition) is 3. The number of aryl methyl sites for hydroxylation is 1. The Balaban J connectivity index is 1.83. The SMILES string of the molecule is Cc1ccc(F)c(C(=O)NCc2cnn3cccnc23)c1Cl. The largest absolute Gasteiger partial charge is 0.348 e. The highest BCUT2D eigenvalue weighted by molar-refractivity contribution is 6.34. The summed E-state index contributed by atoms with van der Waals surface area (Å²) in [5, 5.41) is 6.89. The van der Waals surface area contributed by atoms with E-state index < -0.39 is 11.7 Å². The zero-order valence-electron chi connectivity index (χ0n) is 11.7. The summed E-state index contributed by atoms with van der Waals surface area (Å²) in [7, 11) is 0. The summed E-state index contributed by atoms with van der Waals surface area (Å²) in [6.07, 6.45) is 5.00. The van der Waals surface area contributed by atoms with Gasteiger partial charge in [-0.3, -0.25) is 4.79 Å². The molecule has 1 aromatic carbocycles. The molecule has 5 nitrogen and oxygen atoms in total. The minimum absolute atomic E-state index is 0.121. The normalized spacial score (nSPS) is 10.9. The Morgan fingerprint density at radius 3 is 3.09 bits per heavy atom. The molecule has 1 N–H and O–H groups in total. The molecule has 0 saturated heterocycles. The van der Waals surface area contributed by atoms with Gasteiger partial charge in [0.1, 0.15) is 5.82 Å². The number of benzene rings is 1. The van der Waals surface area contributed by atoms with Crippen LogP contribution in [-0.2, 0) is 6.54 Å². The molecule has 0 atom stereocenters. The second-order valence-electron chi connectivity index (χ2n) is 4.79. The van der Waals surface area contributed by atoms with Crippen molar-refractivity contribution >= 4 is 23.2 Å². The van der Waals surface area contributed by atoms with Gasteiger partial charge in [-0.25, -0.2) is 13.9 Å². The van der Waals surface area contributed by atoms with E-state index in [0.717, 1.165) is 5.56 Å². The summed E-state index contributed by atoms with van der Waals surface area (Å²) in [5.41, 5.74) is 1.87. The Morgan fingerprint density at radius 2 is 2.27 bits per heavy atom. The predicted molar refractivity (Wildman–Crippen MR) is 80.3 cm³/mol. The minimum Gasteiger partial charge on any atom is -0.348 e. The monoisotopic (exact) mass is 318 g/mol. The number of rotatable bonds is 3. The third-order valence-electron chi connectivity index (χ3n) is 3.30. The second-order valence-corrected chi connectivity index (χ2v) is 5.17. The maximum absolute atomic E-state index is 13.8. The summed E-state index contributed by atoms with van der Waals surface area (Å²) in [4.78, 5) is 16.4. The van der Waals surface area contributed by atoms with E-state index in [1.807, 2.05) is 0 Å². The van der Waals surface area contributed by atoms with Crippen LogP contribution in [0.25, 0.3) is 5.65 Å². The molecule has 0 saturated carbocycles. The van der Waals surface area contributed by atoms with Crippen molar-refractivity contribution < 1.29 is 9.18 Å². The summed E-state index contributed by atoms with van der Waals surface area (Å²) in [6.45, 7) is 1.90. The first-order valence-corrected chi connectivity index (χ1v) is 6.95. The number of amides is 1. The number of hydrogen-bond donors (Lipinski definition) is 1. The first kappa shape index (κ1) is 14.5. The van der Waals surface area contributed by atoms with Gasteiger partial charge >= 0.3 is 0 Å². The van der Waals surface area contributed by atoms with Crippen LogP contribution >= 0.6 is 11.6 Å². The lowest BCUT2D eigenvalue weighted by Crippen LogP contribution is -2.24. The van der Waals surface area contributed by atoms with Crippen molar-refractivity contribution in [1.82, 2.24) is 19.9 Å². The Labute approximate surface area is 130 Å². The number of nitrogens with zero attached hydrogens (tertiary/aromatic N) is 3. The molecule has 3 rings (SSSR count). The molecular formula is C15H12ClFN4O. The van der Waals surface area contributed by atoms with Crippen molar-refractivity contribution in [3.8, 4) is 0 Å². The Hall–Kier alpha value is -2.47. The van der Waals surface area contributed by atoms with Crippen LogP contribution in [0.1, 0.15) is 21.5 Å². The standard InChI is InChI=1S/C15H12ClFN4O/c1-9-3-4-11(17)12(13(9)16)15(22)19-7-10-8-20-21-6-2-5-18-14(10)21/h2-6,8H,7H2,1H3,(H,19,22). The summed E-state index contributed by atoms with van der Waals surface area (Å²) < 4.78 is 15.4. The smallest absolute Gasteiger partial charge is 0.256 e. The van der Waals surface area contributed by atoms with Crippen LogP contribution < -0.4 is 5.32 Å². The predicted octanol–water partition coefficient (Wildman–Crippen LogP) is 2.76. The van der Waals surface area contributed by atoms with Crippen molar-refractivity contribution in [2.24, 2.45) is 0 Å². The second kappa shape index (κ2) is 5.73. The number of carbonyl (C=O) groups is 1. The van der Waals surface area contributed by atoms with E-state index in [0.29, 0.717) is 11.2 Å². The van der Waals surface area contributed by atoms with Crippen molar-refractivity contribution in [1.29, 1.82) is 0 Å². The van der Waals surface area contributed by atoms with Crippen LogP contribution in [0.4, 0.5) is 4.39 Å². The molecule has 2 aromatic heterocycles. The molecular weight excluding hydrogens is 307 g/mol. The third-order valence-corrected chi connectivity index (χ3v) is 3.79. The van der Waals surface area contributed by atoms with Gasteiger partial charge in [-0.05, 0) is 24.6 Å². The van der Waals surface area contributed by atoms with E-state index >= 15 is 0 Å². The molecule has 2 heterocycles. The van der Waals surface area contributed by atoms with Gasteiger partial charge in [-0.15, -0.1) is 0 Å². The Morgan fingerprint density at radius 1 is 1.45 bits per heavy atom. The first-order valence-electron chi connectivity index (χ1n) is 6.58. The van der Waals surface area contributed by atoms with E-state index in [4.69, 9.17) is 11.6 Å². The quantitative estimate of drug-likeness (QED) is 0.808. The number of aromatic nitrogens is 3. The molecule has 0 unspecified atom stereocenters. The number of nitrogens with one attached hydrogen (secondary N) is 1. The van der Waals surface area contributed by atoms with E-state index in [-0.39, 0.29) is 17.1 Å². The van der Waals surface area contributed by atoms with E-state index in [1.54, 1.807) is 36.1 Å². The molecule has 1 amide bonds. The molecule has 0 aliphatic heterocycles. The van der Waals surface area contributed by atoms with Crippen LogP contribution in [0.2, 0.25) is 5.02 Å². The highest BCUT2D eigenvalue weighted by Gasteiger charge is 2.18. The van der Waals surface area contributed by atoms with Crippen molar-refractivity contribution in [2.45, 2.75) is 13.5 Å². The van der Waals surface area contributed by atoms with Gasteiger partial charge in [0, 0.05) is 24.5 Å². The molecule has 22 heavy (non-hydrogen) atoms. The molecule has 0 aliphatic carbocycles. The summed E-state index contributed by atoms with van der Waals surface area (Å²) in [5.74, 6) is -1.22. The van der Waals surface area contributed by atoms with Gasteiger partial charge in [-0.2, -0.15) is 5.10 Å². The van der Waals surface area contributed by atoms with E-state index in [2.05, 4.69) is 15.4 Å². The van der Waals surface area contributed by atoms with Gasteiger partial charge in [0.25, 0.3) is 5.91 Å². The van der Waals surface area contributed by atoms with Gasteiger partial charge < -0.3 is 5.32 Å². The summed E-state index contributed by atoms with van der Waals surface area (Å²) in [6, 6.07) is 4.51. The number of halogens is 2. The van der Waals surface area contributed by atoms with Gasteiger partial charge in [0.2, 0.25) is 0 Å². The van der Waals surface area contributed by atoms with E-state index in [9.17, 15) is 9.18 Å². The highest BCUT2D eigenvalue weighted by Crippen LogP contribution is 2.23. The molecule has 3 aromatic rings. The lowest BCUT2D eigenvalue weighted by molar-refractivity contribution is 0.0947. The Bertz CT molecular complexity index is 862. The molecule has 0 bridgehead atoms. The zero-order valence-corrected chi connectivity index (χ0v) is 12.4. The van der Waals surface area contributed by atoms with Crippen molar-refractivity contribution in [3.05, 3.63) is 64.3 Å². The zero-order chi connectivity index (χ0) is 15.7. The average molecular weight is 319 g/mol. The minimum atomic E-state index is -0.647. The van der Waals surface area contributed by atoms with Crippen LogP contribution in [0.5, 0.6) is 0 Å². The van der Waals surface area contributed by atoms with Gasteiger partial charge in [0.05, 0.1) is 16.8 Å². The maximum Gasteiger partial charge on any atom is 0.256 e. The molecule has 112 valence electrons. The topological polar surface area (TPSA) is 59.3 Å². The fourth-order valence-electron chi connectivity index (χ4n) is 2.13. The van der Waals surface area contributed by atoms with Crippen LogP contribution in [0.3, 0.4) is 0 Å². The van der Waals surface area contributed by atoms with Crippen molar-refractivity contribution in [2.75, 3.05) is 0 Å². The molecule has 0 radical (unpaired) electrons. The van der Waals surface area contributed by atoms with Gasteiger partial charge in [0.15, 0.2) is 5.65 Å². The van der Waals surface area contributed by atoms with Gasteiger partial charge in [-0.1, -0.05) is 17.7 Å². The fourth-order valence-corrected chi connectivity index (χ4v) is 2.37. The van der Waals surface area contributed by atoms with Crippen LogP contribution in [-0.4, -0.2) is 20.5 Å². The van der Waals surface area contributed by atoms with Crippen LogP contribution in [0.15, 0.2) is 36.8 Å². The Kier molecular flexibility index (Phi) is 3.77.